The molecule has 0 unspecified atom stereocenters. The molecular formula is C16H14N2. The number of rotatable bonds is 0. The van der Waals surface area contributed by atoms with Crippen molar-refractivity contribution >= 4 is 0 Å². The van der Waals surface area contributed by atoms with E-state index in [0.717, 1.165) is 6.42 Å². The second kappa shape index (κ2) is 4.88. The van der Waals surface area contributed by atoms with Gasteiger partial charge in [-0.3, -0.25) is 0 Å². The number of aromatic amines is 1. The maximum absolute atomic E-state index is 3.67. The van der Waals surface area contributed by atoms with Gasteiger partial charge in [0.2, 0.25) is 0 Å². The van der Waals surface area contributed by atoms with Crippen molar-refractivity contribution < 1.29 is 0 Å². The summed E-state index contributed by atoms with van der Waals surface area (Å²) in [4.78, 5) is 6.42. The molecule has 1 aliphatic rings. The third-order valence-corrected chi connectivity index (χ3v) is 3.11. The first-order valence-corrected chi connectivity index (χ1v) is 6.04. The molecule has 0 saturated heterocycles. The summed E-state index contributed by atoms with van der Waals surface area (Å²) in [6, 6.07) is 17.3. The van der Waals surface area contributed by atoms with Gasteiger partial charge in [0.1, 0.15) is 0 Å². The summed E-state index contributed by atoms with van der Waals surface area (Å²) in [6.07, 6.45) is 6.19. The zero-order valence-corrected chi connectivity index (χ0v) is 10.0. The molecule has 0 bridgehead atoms. The number of nitrogens with zero attached hydrogens (tertiary/aromatic N) is 1. The van der Waals surface area contributed by atoms with Crippen molar-refractivity contribution in [1.82, 2.24) is 9.97 Å². The zero-order chi connectivity index (χ0) is 12.2. The quantitative estimate of drug-likeness (QED) is 0.494. The van der Waals surface area contributed by atoms with Crippen LogP contribution in [0.5, 0.6) is 0 Å². The Kier molecular flexibility index (Phi) is 2.92. The molecule has 2 heteroatoms. The second-order valence-corrected chi connectivity index (χ2v) is 4.25. The van der Waals surface area contributed by atoms with Crippen LogP contribution in [0.25, 0.3) is 11.1 Å². The Morgan fingerprint density at radius 1 is 0.833 bits per heavy atom. The van der Waals surface area contributed by atoms with Crippen LogP contribution in [0.3, 0.4) is 0 Å². The Morgan fingerprint density at radius 2 is 1.44 bits per heavy atom. The van der Waals surface area contributed by atoms with Gasteiger partial charge < -0.3 is 4.98 Å². The molecular weight excluding hydrogens is 220 g/mol. The summed E-state index contributed by atoms with van der Waals surface area (Å²) >= 11 is 0. The predicted molar refractivity (Wildman–Crippen MR) is 73.3 cm³/mol. The van der Waals surface area contributed by atoms with Gasteiger partial charge in [0, 0.05) is 12.4 Å². The van der Waals surface area contributed by atoms with Crippen LogP contribution in [0.15, 0.2) is 67.3 Å². The van der Waals surface area contributed by atoms with E-state index in [1.54, 1.807) is 18.7 Å². The minimum atomic E-state index is 1.10. The molecule has 0 aliphatic heterocycles. The molecule has 4 rings (SSSR count). The van der Waals surface area contributed by atoms with Crippen LogP contribution in [0, 0.1) is 0 Å². The van der Waals surface area contributed by atoms with Gasteiger partial charge in [-0.25, -0.2) is 4.98 Å². The van der Waals surface area contributed by atoms with Crippen molar-refractivity contribution in [2.45, 2.75) is 6.42 Å². The van der Waals surface area contributed by atoms with Crippen molar-refractivity contribution in [3.8, 4) is 11.1 Å². The summed E-state index contributed by atoms with van der Waals surface area (Å²) in [5.74, 6) is 0. The van der Waals surface area contributed by atoms with E-state index < -0.39 is 0 Å². The van der Waals surface area contributed by atoms with E-state index in [0.29, 0.717) is 0 Å². The molecule has 0 fully saturated rings. The second-order valence-electron chi connectivity index (χ2n) is 4.25. The fourth-order valence-corrected chi connectivity index (χ4v) is 2.29. The van der Waals surface area contributed by atoms with Gasteiger partial charge in [-0.1, -0.05) is 48.5 Å². The van der Waals surface area contributed by atoms with Crippen LogP contribution < -0.4 is 0 Å². The van der Waals surface area contributed by atoms with Gasteiger partial charge in [0.05, 0.1) is 6.33 Å². The van der Waals surface area contributed by atoms with Gasteiger partial charge in [-0.05, 0) is 28.7 Å². The van der Waals surface area contributed by atoms with E-state index in [-0.39, 0.29) is 0 Å². The molecule has 1 aromatic heterocycles. The van der Waals surface area contributed by atoms with Gasteiger partial charge in [0.15, 0.2) is 0 Å². The lowest BCUT2D eigenvalue weighted by molar-refractivity contribution is 1.26. The van der Waals surface area contributed by atoms with Crippen molar-refractivity contribution in [1.29, 1.82) is 0 Å². The molecule has 2 aromatic carbocycles. The van der Waals surface area contributed by atoms with Crippen LogP contribution >= 0.6 is 0 Å². The van der Waals surface area contributed by atoms with Crippen LogP contribution in [-0.4, -0.2) is 9.97 Å². The fraction of sp³-hybridized carbons (Fsp3) is 0.0625. The normalized spacial score (nSPS) is 11.1. The van der Waals surface area contributed by atoms with Crippen LogP contribution in [0.2, 0.25) is 0 Å². The SMILES string of the molecule is c1c[nH]cn1.c1ccc2c(c1)Cc1ccccc1-2. The van der Waals surface area contributed by atoms with Crippen LogP contribution in [0.1, 0.15) is 11.1 Å². The molecule has 1 N–H and O–H groups in total. The first kappa shape index (κ1) is 10.8. The van der Waals surface area contributed by atoms with E-state index >= 15 is 0 Å². The molecule has 2 nitrogen and oxygen atoms in total. The molecule has 1 aliphatic carbocycles. The number of fused-ring (bicyclic) bond motifs is 3. The molecule has 0 atom stereocenters. The van der Waals surface area contributed by atoms with E-state index in [4.69, 9.17) is 0 Å². The number of hydrogen-bond acceptors (Lipinski definition) is 1. The summed E-state index contributed by atoms with van der Waals surface area (Å²) in [5.41, 5.74) is 5.75. The Balaban J connectivity index is 0.000000169. The largest absolute Gasteiger partial charge is 0.351 e. The summed E-state index contributed by atoms with van der Waals surface area (Å²) in [7, 11) is 0. The molecule has 0 spiro atoms. The molecule has 3 aromatic rings. The van der Waals surface area contributed by atoms with E-state index in [9.17, 15) is 0 Å². The van der Waals surface area contributed by atoms with Crippen LogP contribution in [0.4, 0.5) is 0 Å². The minimum Gasteiger partial charge on any atom is -0.351 e. The lowest BCUT2D eigenvalue weighted by Crippen LogP contribution is -1.77. The maximum Gasteiger partial charge on any atom is 0.0919 e. The molecule has 18 heavy (non-hydrogen) atoms. The van der Waals surface area contributed by atoms with E-state index in [1.807, 2.05) is 0 Å². The van der Waals surface area contributed by atoms with Crippen molar-refractivity contribution in [3.05, 3.63) is 78.4 Å². The fourth-order valence-electron chi connectivity index (χ4n) is 2.29. The summed E-state index contributed by atoms with van der Waals surface area (Å²) < 4.78 is 0. The first-order valence-electron chi connectivity index (χ1n) is 6.04. The van der Waals surface area contributed by atoms with Gasteiger partial charge in [-0.15, -0.1) is 0 Å². The molecule has 1 heterocycles. The number of hydrogen-bond donors (Lipinski definition) is 1. The van der Waals surface area contributed by atoms with E-state index in [2.05, 4.69) is 58.5 Å². The third-order valence-electron chi connectivity index (χ3n) is 3.11. The number of H-pyrrole nitrogens is 1. The lowest BCUT2D eigenvalue weighted by Gasteiger charge is -1.98. The standard InChI is InChI=1S/C13H10.C3H4N2/c1-3-7-12-10(5-1)9-11-6-2-4-8-13(11)12;1-2-5-3-4-1/h1-8H,9H2;1-3H,(H,4,5). The monoisotopic (exact) mass is 234 g/mol. The lowest BCUT2D eigenvalue weighted by atomic mass is 10.1. The summed E-state index contributed by atoms with van der Waals surface area (Å²) in [5, 5.41) is 0. The van der Waals surface area contributed by atoms with Crippen molar-refractivity contribution in [3.63, 3.8) is 0 Å². The van der Waals surface area contributed by atoms with Crippen molar-refractivity contribution in [2.24, 2.45) is 0 Å². The number of benzene rings is 2. The predicted octanol–water partition coefficient (Wildman–Crippen LogP) is 3.67. The number of nitrogens with one attached hydrogen (secondary N) is 1. The molecule has 0 radical (unpaired) electrons. The van der Waals surface area contributed by atoms with Gasteiger partial charge in [-0.2, -0.15) is 0 Å². The molecule has 88 valence electrons. The summed E-state index contributed by atoms with van der Waals surface area (Å²) in [6.45, 7) is 0. The number of aromatic nitrogens is 2. The van der Waals surface area contributed by atoms with Gasteiger partial charge >= 0.3 is 0 Å². The first-order chi connectivity index (χ1) is 8.95. The smallest absolute Gasteiger partial charge is 0.0919 e. The third kappa shape index (κ3) is 2.05. The highest BCUT2D eigenvalue weighted by Gasteiger charge is 2.15. The highest BCUT2D eigenvalue weighted by atomic mass is 14.8. The Bertz CT molecular complexity index is 566. The Morgan fingerprint density at radius 3 is 1.89 bits per heavy atom. The Labute approximate surface area is 106 Å². The number of imidazole rings is 1. The minimum absolute atomic E-state index is 1.10. The molecule has 0 saturated carbocycles. The highest BCUT2D eigenvalue weighted by molar-refractivity contribution is 5.76. The maximum atomic E-state index is 3.67. The molecule has 0 amide bonds. The highest BCUT2D eigenvalue weighted by Crippen LogP contribution is 2.35. The van der Waals surface area contributed by atoms with Gasteiger partial charge in [0.25, 0.3) is 0 Å². The zero-order valence-electron chi connectivity index (χ0n) is 10.0. The average Bonchev–Trinajstić information content (AvgIpc) is 3.10. The average molecular weight is 234 g/mol. The topological polar surface area (TPSA) is 28.7 Å². The Hall–Kier alpha value is -2.35. The van der Waals surface area contributed by atoms with Crippen molar-refractivity contribution in [2.75, 3.05) is 0 Å². The van der Waals surface area contributed by atoms with E-state index in [1.165, 1.54) is 22.3 Å². The van der Waals surface area contributed by atoms with Crippen LogP contribution in [-0.2, 0) is 6.42 Å².